The Kier molecular flexibility index (Phi) is 13.1. The second-order valence-corrected chi connectivity index (χ2v) is 10.1. The van der Waals surface area contributed by atoms with Gasteiger partial charge in [-0.1, -0.05) is 18.2 Å². The third-order valence-electron chi connectivity index (χ3n) is 6.80. The number of esters is 1. The van der Waals surface area contributed by atoms with Gasteiger partial charge in [0.05, 0.1) is 19.3 Å². The number of rotatable bonds is 16. The molecule has 6 atom stereocenters. The number of nitrogens with one attached hydrogen (secondary N) is 1. The predicted octanol–water partition coefficient (Wildman–Crippen LogP) is 1.35. The number of aliphatic carboxylic acids is 1. The topological polar surface area (TPSA) is 211 Å². The maximum absolute atomic E-state index is 12.8. The third-order valence-corrected chi connectivity index (χ3v) is 6.80. The number of aliphatic hydroxyl groups excluding tert-OH is 1. The standard InChI is InChI=1S/C30H37NO13/c1-17-13-19(3-7-21(17)33)11-12-41-30-27(39)29(40-2)28(24(43-30)16-42-31-20(15-32)6-9-25(36)37)44-26(38)10-5-18-4-8-22(34)23(35)14-18/h3-5,7-8,10,13-15,20,24,27-31,33-35,39H,6,9,11-12,16H2,1-2H3,(H,36,37)/b10-5+/t20-,24-,27-,28+,29+,30+/m0/s1. The third kappa shape index (κ3) is 10.0. The van der Waals surface area contributed by atoms with Gasteiger partial charge in [-0.05, 0) is 60.7 Å². The fraction of sp³-hybridized carbons (Fsp3) is 0.433. The molecule has 0 unspecified atom stereocenters. The zero-order valence-electron chi connectivity index (χ0n) is 24.2. The average Bonchev–Trinajstić information content (AvgIpc) is 2.99. The SMILES string of the molecule is CO[C@@H]1[C@H](O)[C@H](OCCc2ccc(O)c(C)c2)O[C@@H](CON[C@H](C=O)CCC(=O)O)[C@H]1OC(=O)/C=C/c1ccc(O)c(O)c1. The lowest BCUT2D eigenvalue weighted by Gasteiger charge is -2.43. The summed E-state index contributed by atoms with van der Waals surface area (Å²) >= 11 is 0. The van der Waals surface area contributed by atoms with Gasteiger partial charge in [-0.15, -0.1) is 0 Å². The summed E-state index contributed by atoms with van der Waals surface area (Å²) in [6.07, 6.45) is -3.08. The van der Waals surface area contributed by atoms with Gasteiger partial charge in [-0.25, -0.2) is 4.79 Å². The van der Waals surface area contributed by atoms with Gasteiger partial charge < -0.3 is 49.3 Å². The first-order chi connectivity index (χ1) is 21.0. The van der Waals surface area contributed by atoms with Gasteiger partial charge >= 0.3 is 11.9 Å². The molecule has 0 bridgehead atoms. The highest BCUT2D eigenvalue weighted by molar-refractivity contribution is 5.87. The molecule has 0 saturated carbocycles. The average molecular weight is 620 g/mol. The summed E-state index contributed by atoms with van der Waals surface area (Å²) in [5.74, 6) is -2.48. The summed E-state index contributed by atoms with van der Waals surface area (Å²) in [5, 5.41) is 48.8. The van der Waals surface area contributed by atoms with Gasteiger partial charge in [0.2, 0.25) is 0 Å². The number of phenolic OH excluding ortho intramolecular Hbond substituents is 3. The van der Waals surface area contributed by atoms with Crippen molar-refractivity contribution >= 4 is 24.3 Å². The van der Waals surface area contributed by atoms with E-state index >= 15 is 0 Å². The minimum absolute atomic E-state index is 0.0394. The van der Waals surface area contributed by atoms with Crippen molar-refractivity contribution in [3.63, 3.8) is 0 Å². The lowest BCUT2D eigenvalue weighted by Crippen LogP contribution is -2.61. The smallest absolute Gasteiger partial charge is 0.331 e. The molecule has 1 aliphatic rings. The first kappa shape index (κ1) is 34.4. The molecule has 44 heavy (non-hydrogen) atoms. The number of carboxylic acid groups (broad SMARTS) is 1. The molecule has 14 heteroatoms. The number of hydrogen-bond donors (Lipinski definition) is 6. The molecule has 14 nitrogen and oxygen atoms in total. The second-order valence-electron chi connectivity index (χ2n) is 10.1. The van der Waals surface area contributed by atoms with E-state index in [0.717, 1.165) is 11.6 Å². The van der Waals surface area contributed by atoms with E-state index in [9.17, 15) is 34.8 Å². The molecule has 0 radical (unpaired) electrons. The summed E-state index contributed by atoms with van der Waals surface area (Å²) in [4.78, 5) is 40.4. The Labute approximate surface area is 253 Å². The Balaban J connectivity index is 1.72. The number of carboxylic acids is 1. The number of methoxy groups -OCH3 is 1. The van der Waals surface area contributed by atoms with Crippen molar-refractivity contribution in [3.8, 4) is 17.2 Å². The summed E-state index contributed by atoms with van der Waals surface area (Å²) in [6, 6.07) is 8.11. The largest absolute Gasteiger partial charge is 0.508 e. The number of carbonyl (C=O) groups is 3. The highest BCUT2D eigenvalue weighted by atomic mass is 16.7. The number of phenols is 3. The lowest BCUT2D eigenvalue weighted by molar-refractivity contribution is -0.309. The van der Waals surface area contributed by atoms with Gasteiger partial charge in [0.25, 0.3) is 0 Å². The lowest BCUT2D eigenvalue weighted by atomic mass is 9.98. The van der Waals surface area contributed by atoms with Crippen molar-refractivity contribution in [1.29, 1.82) is 0 Å². The van der Waals surface area contributed by atoms with Crippen LogP contribution in [0.1, 0.15) is 29.5 Å². The molecule has 3 rings (SSSR count). The molecule has 2 aromatic carbocycles. The first-order valence-electron chi connectivity index (χ1n) is 13.7. The number of aldehydes is 1. The Bertz CT molecular complexity index is 1300. The van der Waals surface area contributed by atoms with Gasteiger partial charge in [-0.3, -0.25) is 9.63 Å². The highest BCUT2D eigenvalue weighted by Crippen LogP contribution is 2.28. The van der Waals surface area contributed by atoms with E-state index in [1.165, 1.54) is 31.4 Å². The van der Waals surface area contributed by atoms with E-state index in [2.05, 4.69) is 5.48 Å². The number of carbonyl (C=O) groups excluding carboxylic acids is 2. The summed E-state index contributed by atoms with van der Waals surface area (Å²) in [7, 11) is 1.30. The molecule has 0 aliphatic carbocycles. The molecule has 2 aromatic rings. The highest BCUT2D eigenvalue weighted by Gasteiger charge is 2.48. The van der Waals surface area contributed by atoms with Crippen LogP contribution in [-0.2, 0) is 44.6 Å². The Morgan fingerprint density at radius 3 is 2.48 bits per heavy atom. The van der Waals surface area contributed by atoms with Crippen molar-refractivity contribution in [3.05, 3.63) is 59.2 Å². The monoisotopic (exact) mass is 619 g/mol. The van der Waals surface area contributed by atoms with Crippen LogP contribution >= 0.6 is 0 Å². The minimum atomic E-state index is -1.40. The number of aliphatic hydroxyl groups is 1. The van der Waals surface area contributed by atoms with Crippen LogP contribution in [0.25, 0.3) is 6.08 Å². The van der Waals surface area contributed by atoms with Crippen LogP contribution < -0.4 is 5.48 Å². The van der Waals surface area contributed by atoms with E-state index in [-0.39, 0.29) is 43.3 Å². The van der Waals surface area contributed by atoms with Crippen molar-refractivity contribution in [1.82, 2.24) is 5.48 Å². The van der Waals surface area contributed by atoms with E-state index < -0.39 is 48.7 Å². The molecule has 1 fully saturated rings. The Morgan fingerprint density at radius 1 is 1.07 bits per heavy atom. The van der Waals surface area contributed by atoms with Crippen LogP contribution in [0.2, 0.25) is 0 Å². The van der Waals surface area contributed by atoms with Crippen LogP contribution in [0.5, 0.6) is 17.2 Å². The molecular formula is C30H37NO13. The molecule has 0 aromatic heterocycles. The van der Waals surface area contributed by atoms with Gasteiger partial charge in [-0.2, -0.15) is 5.48 Å². The van der Waals surface area contributed by atoms with Gasteiger partial charge in [0.1, 0.15) is 30.3 Å². The van der Waals surface area contributed by atoms with E-state index in [1.54, 1.807) is 25.1 Å². The second kappa shape index (κ2) is 16.7. The number of ether oxygens (including phenoxy) is 4. The molecule has 0 spiro atoms. The molecule has 1 heterocycles. The summed E-state index contributed by atoms with van der Waals surface area (Å²) in [6.45, 7) is 1.55. The number of aromatic hydroxyl groups is 3. The van der Waals surface area contributed by atoms with E-state index in [1.807, 2.05) is 0 Å². The fourth-order valence-electron chi connectivity index (χ4n) is 4.40. The maximum atomic E-state index is 12.8. The van der Waals surface area contributed by atoms with Crippen LogP contribution in [0.4, 0.5) is 0 Å². The number of aryl methyl sites for hydroxylation is 1. The van der Waals surface area contributed by atoms with Crippen molar-refractivity contribution in [2.24, 2.45) is 0 Å². The fourth-order valence-corrected chi connectivity index (χ4v) is 4.40. The molecule has 240 valence electrons. The van der Waals surface area contributed by atoms with E-state index in [4.69, 9.17) is 28.9 Å². The predicted molar refractivity (Wildman–Crippen MR) is 152 cm³/mol. The maximum Gasteiger partial charge on any atom is 0.331 e. The van der Waals surface area contributed by atoms with Crippen molar-refractivity contribution in [2.45, 2.75) is 62.9 Å². The van der Waals surface area contributed by atoms with Gasteiger partial charge in [0.15, 0.2) is 23.9 Å². The zero-order chi connectivity index (χ0) is 32.2. The molecular weight excluding hydrogens is 582 g/mol. The van der Waals surface area contributed by atoms with Crippen LogP contribution in [0.15, 0.2) is 42.5 Å². The molecule has 0 amide bonds. The molecule has 6 N–H and O–H groups in total. The van der Waals surface area contributed by atoms with Crippen LogP contribution in [0.3, 0.4) is 0 Å². The Hall–Kier alpha value is -4.05. The number of hydroxylamine groups is 1. The van der Waals surface area contributed by atoms with Crippen molar-refractivity contribution < 1.29 is 63.7 Å². The Morgan fingerprint density at radius 2 is 1.82 bits per heavy atom. The van der Waals surface area contributed by atoms with Gasteiger partial charge in [0, 0.05) is 19.6 Å². The first-order valence-corrected chi connectivity index (χ1v) is 13.7. The number of benzene rings is 2. The molecule has 1 aliphatic heterocycles. The quantitative estimate of drug-likeness (QED) is 0.0515. The summed E-state index contributed by atoms with van der Waals surface area (Å²) in [5.41, 5.74) is 4.42. The number of hydrogen-bond acceptors (Lipinski definition) is 13. The van der Waals surface area contributed by atoms with Crippen LogP contribution in [-0.4, -0.2) is 101 Å². The van der Waals surface area contributed by atoms with E-state index in [0.29, 0.717) is 23.8 Å². The normalized spacial score (nSPS) is 22.5. The van der Waals surface area contributed by atoms with Crippen LogP contribution in [0, 0.1) is 6.92 Å². The zero-order valence-corrected chi connectivity index (χ0v) is 24.2. The van der Waals surface area contributed by atoms with Crippen molar-refractivity contribution in [2.75, 3.05) is 20.3 Å². The molecule has 1 saturated heterocycles. The minimum Gasteiger partial charge on any atom is -0.508 e. The summed E-state index contributed by atoms with van der Waals surface area (Å²) < 4.78 is 22.8.